The molecule has 6 nitrogen and oxygen atoms in total. The molecule has 0 radical (unpaired) electrons. The van der Waals surface area contributed by atoms with Gasteiger partial charge in [-0.3, -0.25) is 4.79 Å². The van der Waals surface area contributed by atoms with Crippen molar-refractivity contribution in [3.05, 3.63) is 0 Å². The summed E-state index contributed by atoms with van der Waals surface area (Å²) in [6.45, 7) is 1.60. The molecule has 0 bridgehead atoms. The molecule has 2 saturated carbocycles. The largest absolute Gasteiger partial charge is 0.480 e. The standard InChI is InChI=1S/C10H15FN2O4/c1-2-17-8(16)9(11)4-3-5(12)10(13,6(4)9)7(14)15/h4-6H,2-3,12-13H2,1H3,(H,14,15)/t4-,5-,6+,9-,10+/m1/s1. The van der Waals surface area contributed by atoms with Crippen LogP contribution in [-0.2, 0) is 14.3 Å². The summed E-state index contributed by atoms with van der Waals surface area (Å²) < 4.78 is 19.0. The van der Waals surface area contributed by atoms with E-state index in [0.717, 1.165) is 0 Å². The maximum atomic E-state index is 14.3. The molecule has 2 aliphatic rings. The first-order chi connectivity index (χ1) is 7.81. The molecule has 2 rings (SSSR count). The fourth-order valence-electron chi connectivity index (χ4n) is 2.92. The molecule has 0 aromatic heterocycles. The Morgan fingerprint density at radius 1 is 1.59 bits per heavy atom. The summed E-state index contributed by atoms with van der Waals surface area (Å²) in [7, 11) is 0. The Labute approximate surface area is 97.1 Å². The van der Waals surface area contributed by atoms with Crippen LogP contribution in [0.5, 0.6) is 0 Å². The highest BCUT2D eigenvalue weighted by Gasteiger charge is 2.84. The number of aliphatic carboxylic acids is 1. The van der Waals surface area contributed by atoms with E-state index >= 15 is 0 Å². The minimum absolute atomic E-state index is 0.0423. The number of fused-ring (bicyclic) bond motifs is 1. The van der Waals surface area contributed by atoms with Crippen LogP contribution in [0.3, 0.4) is 0 Å². The van der Waals surface area contributed by atoms with Crippen LogP contribution in [0.2, 0.25) is 0 Å². The summed E-state index contributed by atoms with van der Waals surface area (Å²) in [6.07, 6.45) is 0.0861. The van der Waals surface area contributed by atoms with Crippen molar-refractivity contribution in [2.24, 2.45) is 23.3 Å². The zero-order chi connectivity index (χ0) is 13.0. The summed E-state index contributed by atoms with van der Waals surface area (Å²) in [5, 5.41) is 9.06. The first-order valence-electron chi connectivity index (χ1n) is 5.45. The quantitative estimate of drug-likeness (QED) is 0.551. The highest BCUT2D eigenvalue weighted by atomic mass is 19.1. The van der Waals surface area contributed by atoms with Crippen LogP contribution in [0.25, 0.3) is 0 Å². The number of halogens is 1. The van der Waals surface area contributed by atoms with Crippen molar-refractivity contribution in [3.8, 4) is 0 Å². The Morgan fingerprint density at radius 3 is 2.65 bits per heavy atom. The van der Waals surface area contributed by atoms with Gasteiger partial charge in [0.25, 0.3) is 0 Å². The molecule has 0 aromatic rings. The zero-order valence-corrected chi connectivity index (χ0v) is 9.35. The molecular formula is C10H15FN2O4. The maximum absolute atomic E-state index is 14.3. The minimum Gasteiger partial charge on any atom is -0.480 e. The lowest BCUT2D eigenvalue weighted by Crippen LogP contribution is -2.62. The lowest BCUT2D eigenvalue weighted by Gasteiger charge is -2.29. The number of carboxylic acids is 1. The Kier molecular flexibility index (Phi) is 2.45. The normalized spacial score (nSPS) is 47.4. The van der Waals surface area contributed by atoms with Crippen LogP contribution < -0.4 is 11.5 Å². The number of alkyl halides is 1. The van der Waals surface area contributed by atoms with E-state index in [9.17, 15) is 14.0 Å². The van der Waals surface area contributed by atoms with Crippen molar-refractivity contribution in [2.75, 3.05) is 6.61 Å². The van der Waals surface area contributed by atoms with Gasteiger partial charge >= 0.3 is 11.9 Å². The number of esters is 1. The van der Waals surface area contributed by atoms with Gasteiger partial charge in [-0.2, -0.15) is 0 Å². The molecule has 0 saturated heterocycles. The average molecular weight is 246 g/mol. The van der Waals surface area contributed by atoms with Gasteiger partial charge in [0.2, 0.25) is 5.67 Å². The summed E-state index contributed by atoms with van der Waals surface area (Å²) >= 11 is 0. The molecule has 2 aliphatic carbocycles. The first-order valence-corrected chi connectivity index (χ1v) is 5.45. The van der Waals surface area contributed by atoms with E-state index in [4.69, 9.17) is 16.6 Å². The van der Waals surface area contributed by atoms with Crippen molar-refractivity contribution in [2.45, 2.75) is 30.6 Å². The lowest BCUT2D eigenvalue weighted by molar-refractivity contribution is -0.155. The fourth-order valence-corrected chi connectivity index (χ4v) is 2.92. The predicted molar refractivity (Wildman–Crippen MR) is 54.6 cm³/mol. The van der Waals surface area contributed by atoms with Crippen molar-refractivity contribution in [3.63, 3.8) is 0 Å². The number of ether oxygens (including phenoxy) is 1. The highest BCUT2D eigenvalue weighted by Crippen LogP contribution is 2.66. The van der Waals surface area contributed by atoms with Gasteiger partial charge in [0.1, 0.15) is 5.54 Å². The van der Waals surface area contributed by atoms with E-state index in [-0.39, 0.29) is 13.0 Å². The molecule has 0 aromatic carbocycles. The monoisotopic (exact) mass is 246 g/mol. The number of carboxylic acid groups (broad SMARTS) is 1. The molecule has 5 N–H and O–H groups in total. The van der Waals surface area contributed by atoms with Crippen molar-refractivity contribution in [1.29, 1.82) is 0 Å². The number of rotatable bonds is 3. The average Bonchev–Trinajstić information content (AvgIpc) is 2.72. The van der Waals surface area contributed by atoms with Crippen LogP contribution in [0, 0.1) is 11.8 Å². The molecule has 5 atom stereocenters. The van der Waals surface area contributed by atoms with Gasteiger partial charge in [0.05, 0.1) is 6.61 Å². The van der Waals surface area contributed by atoms with Gasteiger partial charge in [0.15, 0.2) is 0 Å². The second-order valence-electron chi connectivity index (χ2n) is 4.65. The van der Waals surface area contributed by atoms with Crippen LogP contribution in [0.1, 0.15) is 13.3 Å². The van der Waals surface area contributed by atoms with Crippen LogP contribution in [0.15, 0.2) is 0 Å². The van der Waals surface area contributed by atoms with Gasteiger partial charge in [-0.25, -0.2) is 9.18 Å². The van der Waals surface area contributed by atoms with Gasteiger partial charge in [0, 0.05) is 17.9 Å². The summed E-state index contributed by atoms with van der Waals surface area (Å²) in [6, 6.07) is -0.840. The Morgan fingerprint density at radius 2 is 2.18 bits per heavy atom. The Bertz CT molecular complexity index is 391. The van der Waals surface area contributed by atoms with Crippen molar-refractivity contribution >= 4 is 11.9 Å². The van der Waals surface area contributed by atoms with Crippen LogP contribution in [0.4, 0.5) is 4.39 Å². The molecular weight excluding hydrogens is 231 g/mol. The molecule has 0 unspecified atom stereocenters. The van der Waals surface area contributed by atoms with Crippen molar-refractivity contribution in [1.82, 2.24) is 0 Å². The topological polar surface area (TPSA) is 116 Å². The zero-order valence-electron chi connectivity index (χ0n) is 9.35. The molecule has 17 heavy (non-hydrogen) atoms. The van der Waals surface area contributed by atoms with Gasteiger partial charge < -0.3 is 21.3 Å². The molecule has 7 heteroatoms. The molecule has 2 fully saturated rings. The van der Waals surface area contributed by atoms with Gasteiger partial charge in [-0.15, -0.1) is 0 Å². The SMILES string of the molecule is CCOC(=O)[C@@]1(F)[C@@H]2C[C@@H](N)[C@@](N)(C(=O)O)[C@@H]21. The predicted octanol–water partition coefficient (Wildman–Crippen LogP) is -0.983. The third-order valence-electron chi connectivity index (χ3n) is 3.88. The fraction of sp³-hybridized carbons (Fsp3) is 0.800. The Hall–Kier alpha value is -1.21. The second kappa shape index (κ2) is 3.39. The lowest BCUT2D eigenvalue weighted by atomic mass is 9.87. The number of hydrogen-bond donors (Lipinski definition) is 3. The molecule has 0 heterocycles. The molecule has 0 aliphatic heterocycles. The van der Waals surface area contributed by atoms with E-state index in [2.05, 4.69) is 4.74 Å². The highest BCUT2D eigenvalue weighted by molar-refractivity contribution is 5.91. The number of carbonyl (C=O) groups excluding carboxylic acids is 1. The van der Waals surface area contributed by atoms with Crippen LogP contribution >= 0.6 is 0 Å². The summed E-state index contributed by atoms with van der Waals surface area (Å²) in [5.74, 6) is -4.22. The molecule has 0 spiro atoms. The van der Waals surface area contributed by atoms with E-state index in [1.165, 1.54) is 0 Å². The van der Waals surface area contributed by atoms with Crippen LogP contribution in [-0.4, -0.2) is 40.9 Å². The number of hydrogen-bond acceptors (Lipinski definition) is 5. The third-order valence-corrected chi connectivity index (χ3v) is 3.88. The van der Waals surface area contributed by atoms with Gasteiger partial charge in [-0.1, -0.05) is 0 Å². The van der Waals surface area contributed by atoms with E-state index in [0.29, 0.717) is 0 Å². The third kappa shape index (κ3) is 1.26. The summed E-state index contributed by atoms with van der Waals surface area (Å²) in [5.41, 5.74) is 7.11. The first kappa shape index (κ1) is 12.3. The number of nitrogens with two attached hydrogens (primary N) is 2. The smallest absolute Gasteiger partial charge is 0.344 e. The van der Waals surface area contributed by atoms with Gasteiger partial charge in [-0.05, 0) is 13.3 Å². The Balaban J connectivity index is 2.26. The molecule has 96 valence electrons. The maximum Gasteiger partial charge on any atom is 0.344 e. The van der Waals surface area contributed by atoms with E-state index in [1.54, 1.807) is 6.92 Å². The van der Waals surface area contributed by atoms with Crippen molar-refractivity contribution < 1.29 is 23.8 Å². The molecule has 0 amide bonds. The minimum atomic E-state index is -2.28. The number of carbonyl (C=O) groups is 2. The van der Waals surface area contributed by atoms with E-state index in [1.807, 2.05) is 0 Å². The van der Waals surface area contributed by atoms with E-state index < -0.39 is 41.0 Å². The summed E-state index contributed by atoms with van der Waals surface area (Å²) in [4.78, 5) is 22.6. The second-order valence-corrected chi connectivity index (χ2v) is 4.65.